The zero-order chi connectivity index (χ0) is 8.69. The minimum absolute atomic E-state index is 0. The molecule has 66 valence electrons. The third-order valence-electron chi connectivity index (χ3n) is 0.882. The predicted octanol–water partition coefficient (Wildman–Crippen LogP) is 0.444. The van der Waals surface area contributed by atoms with E-state index in [0.29, 0.717) is 0 Å². The van der Waals surface area contributed by atoms with E-state index in [9.17, 15) is 0 Å². The fraction of sp³-hybridized carbons (Fsp3) is 0.250. The molecule has 1 aromatic carbocycles. The molecule has 0 unspecified atom stereocenters. The monoisotopic (exact) mass is 182 g/mol. The molecule has 0 aromatic heterocycles. The van der Waals surface area contributed by atoms with Crippen LogP contribution in [0.1, 0.15) is 0 Å². The fourth-order valence-electron chi connectivity index (χ4n) is 0.464. The quantitative estimate of drug-likeness (QED) is 0.452. The molecule has 0 heterocycles. The van der Waals surface area contributed by atoms with Crippen molar-refractivity contribution in [1.82, 2.24) is 0 Å². The average Bonchev–Trinajstić information content (AvgIpc) is 1.97. The van der Waals surface area contributed by atoms with Crippen LogP contribution in [0.4, 0.5) is 0 Å². The van der Waals surface area contributed by atoms with Crippen LogP contribution in [0.3, 0.4) is 0 Å². The van der Waals surface area contributed by atoms with Gasteiger partial charge in [0.25, 0.3) is 0 Å². The van der Waals surface area contributed by atoms with Gasteiger partial charge in [-0.1, -0.05) is 12.1 Å². The Hall–Kier alpha value is -0.454. The summed E-state index contributed by atoms with van der Waals surface area (Å²) < 4.78 is 4.25. The largest absolute Gasteiger partial charge is 0.504 e. The van der Waals surface area contributed by atoms with Crippen molar-refractivity contribution in [1.29, 1.82) is 0 Å². The second-order valence-electron chi connectivity index (χ2n) is 1.90. The van der Waals surface area contributed by atoms with Gasteiger partial charge in [-0.05, 0) is 12.1 Å². The summed E-state index contributed by atoms with van der Waals surface area (Å²) in [5.41, 5.74) is 0. The Balaban J connectivity index is 0. The third kappa shape index (κ3) is 6.27. The first-order chi connectivity index (χ1) is 5.22. The Morgan fingerprint density at radius 2 is 1.25 bits per heavy atom. The van der Waals surface area contributed by atoms with E-state index in [1.165, 1.54) is 12.1 Å². The van der Waals surface area contributed by atoms with Crippen LogP contribution in [0, 0.1) is 0 Å². The molecular formula is C8H14MgO3. The summed E-state index contributed by atoms with van der Waals surface area (Å²) in [7, 11) is 3.25. The lowest BCUT2D eigenvalue weighted by molar-refractivity contribution is 0.277. The Morgan fingerprint density at radius 3 is 1.42 bits per heavy atom. The summed E-state index contributed by atoms with van der Waals surface area (Å²) in [6.07, 6.45) is 0. The smallest absolute Gasteiger partial charge is 0.316 e. The Kier molecular flexibility index (Phi) is 10.1. The fourth-order valence-corrected chi connectivity index (χ4v) is 0.464. The van der Waals surface area contributed by atoms with E-state index < -0.39 is 0 Å². The second-order valence-corrected chi connectivity index (χ2v) is 1.90. The summed E-state index contributed by atoms with van der Waals surface area (Å²) >= 11 is 0. The molecule has 4 heteroatoms. The molecule has 0 fully saturated rings. The molecule has 0 saturated carbocycles. The van der Waals surface area contributed by atoms with Crippen molar-refractivity contribution in [3.8, 4) is 11.5 Å². The number of rotatable bonds is 0. The summed E-state index contributed by atoms with van der Waals surface area (Å²) in [6, 6.07) is 6.15. The van der Waals surface area contributed by atoms with E-state index in [1.807, 2.05) is 0 Å². The van der Waals surface area contributed by atoms with Crippen molar-refractivity contribution in [2.75, 3.05) is 14.2 Å². The second kappa shape index (κ2) is 8.64. The standard InChI is InChI=1S/C6H6O2.C2H6O.Mg.2H/c7-5-3-1-2-4-6(5)8;1-3-2;;;/h1-4,7-8H;1-2H3;;;. The Bertz CT molecular complexity index is 182. The van der Waals surface area contributed by atoms with Gasteiger partial charge in [-0.15, -0.1) is 0 Å². The predicted molar refractivity (Wildman–Crippen MR) is 51.2 cm³/mol. The number of methoxy groups -OCH3 is 1. The first-order valence-electron chi connectivity index (χ1n) is 3.09. The topological polar surface area (TPSA) is 49.7 Å². The number of phenols is 2. The molecule has 12 heavy (non-hydrogen) atoms. The molecule has 0 aliphatic carbocycles. The summed E-state index contributed by atoms with van der Waals surface area (Å²) in [6.45, 7) is 0. The van der Waals surface area contributed by atoms with Crippen LogP contribution < -0.4 is 0 Å². The van der Waals surface area contributed by atoms with E-state index in [4.69, 9.17) is 10.2 Å². The van der Waals surface area contributed by atoms with Crippen LogP contribution in [0.25, 0.3) is 0 Å². The molecule has 0 spiro atoms. The number of hydrogen-bond acceptors (Lipinski definition) is 3. The molecule has 3 nitrogen and oxygen atoms in total. The number of ether oxygens (including phenoxy) is 1. The molecule has 0 aliphatic heterocycles. The molecule has 0 radical (unpaired) electrons. The van der Waals surface area contributed by atoms with Crippen molar-refractivity contribution >= 4 is 23.1 Å². The molecule has 2 N–H and O–H groups in total. The highest BCUT2D eigenvalue weighted by Gasteiger charge is 1.90. The van der Waals surface area contributed by atoms with Crippen LogP contribution >= 0.6 is 0 Å². The van der Waals surface area contributed by atoms with Gasteiger partial charge in [0.05, 0.1) is 0 Å². The van der Waals surface area contributed by atoms with Gasteiger partial charge >= 0.3 is 23.1 Å². The van der Waals surface area contributed by atoms with Crippen molar-refractivity contribution in [3.63, 3.8) is 0 Å². The first-order valence-corrected chi connectivity index (χ1v) is 3.09. The number of phenolic OH excluding ortho intramolecular Hbond substituents is 2. The molecule has 0 amide bonds. The number of hydrogen-bond donors (Lipinski definition) is 2. The van der Waals surface area contributed by atoms with Gasteiger partial charge in [0, 0.05) is 14.2 Å². The van der Waals surface area contributed by atoms with Crippen molar-refractivity contribution in [3.05, 3.63) is 24.3 Å². The van der Waals surface area contributed by atoms with Gasteiger partial charge in [0.15, 0.2) is 11.5 Å². The van der Waals surface area contributed by atoms with Crippen LogP contribution in [-0.2, 0) is 4.74 Å². The van der Waals surface area contributed by atoms with Crippen LogP contribution in [0.2, 0.25) is 0 Å². The van der Waals surface area contributed by atoms with E-state index in [-0.39, 0.29) is 34.6 Å². The lowest BCUT2D eigenvalue weighted by atomic mass is 10.3. The van der Waals surface area contributed by atoms with E-state index in [2.05, 4.69) is 4.74 Å². The Labute approximate surface area is 88.1 Å². The molecule has 0 saturated heterocycles. The van der Waals surface area contributed by atoms with Gasteiger partial charge in [0.2, 0.25) is 0 Å². The third-order valence-corrected chi connectivity index (χ3v) is 0.882. The molecule has 0 aliphatic rings. The van der Waals surface area contributed by atoms with Crippen LogP contribution in [0.15, 0.2) is 24.3 Å². The lowest BCUT2D eigenvalue weighted by Crippen LogP contribution is -1.63. The Morgan fingerprint density at radius 1 is 1.00 bits per heavy atom. The van der Waals surface area contributed by atoms with Crippen LogP contribution in [-0.4, -0.2) is 47.5 Å². The molecule has 0 bridgehead atoms. The molecule has 0 atom stereocenters. The molecular weight excluding hydrogens is 168 g/mol. The maximum absolute atomic E-state index is 8.67. The van der Waals surface area contributed by atoms with Gasteiger partial charge in [0.1, 0.15) is 0 Å². The highest BCUT2D eigenvalue weighted by atomic mass is 24.3. The molecule has 1 rings (SSSR count). The molecule has 1 aromatic rings. The van der Waals surface area contributed by atoms with E-state index in [1.54, 1.807) is 26.4 Å². The van der Waals surface area contributed by atoms with Crippen molar-refractivity contribution in [2.24, 2.45) is 0 Å². The normalized spacial score (nSPS) is 7.50. The SMILES string of the molecule is COC.Oc1ccccc1O.[MgH2]. The average molecular weight is 183 g/mol. The summed E-state index contributed by atoms with van der Waals surface area (Å²) in [5, 5.41) is 17.3. The number of benzene rings is 1. The van der Waals surface area contributed by atoms with E-state index in [0.717, 1.165) is 0 Å². The highest BCUT2D eigenvalue weighted by Crippen LogP contribution is 2.21. The number of para-hydroxylation sites is 2. The first kappa shape index (κ1) is 14.1. The summed E-state index contributed by atoms with van der Waals surface area (Å²) in [4.78, 5) is 0. The van der Waals surface area contributed by atoms with Gasteiger partial charge in [-0.2, -0.15) is 0 Å². The maximum Gasteiger partial charge on any atom is 0.316 e. The van der Waals surface area contributed by atoms with Gasteiger partial charge in [-0.3, -0.25) is 0 Å². The van der Waals surface area contributed by atoms with Gasteiger partial charge < -0.3 is 14.9 Å². The van der Waals surface area contributed by atoms with Crippen molar-refractivity contribution in [2.45, 2.75) is 0 Å². The minimum Gasteiger partial charge on any atom is -0.504 e. The van der Waals surface area contributed by atoms with Crippen LogP contribution in [0.5, 0.6) is 11.5 Å². The van der Waals surface area contributed by atoms with Gasteiger partial charge in [-0.25, -0.2) is 0 Å². The minimum atomic E-state index is -0.0764. The van der Waals surface area contributed by atoms with Crippen molar-refractivity contribution < 1.29 is 14.9 Å². The summed E-state index contributed by atoms with van der Waals surface area (Å²) in [5.74, 6) is -0.153. The zero-order valence-electron chi connectivity index (χ0n) is 6.61. The van der Waals surface area contributed by atoms with E-state index >= 15 is 0 Å². The maximum atomic E-state index is 8.67. The highest BCUT2D eigenvalue weighted by molar-refractivity contribution is 5.75. The number of aromatic hydroxyl groups is 2. The lowest BCUT2D eigenvalue weighted by Gasteiger charge is -1.91. The zero-order valence-corrected chi connectivity index (χ0v) is 6.61.